The van der Waals surface area contributed by atoms with Gasteiger partial charge in [-0.3, -0.25) is 4.48 Å². The zero-order valence-electron chi connectivity index (χ0n) is 19.7. The number of rotatable bonds is 5. The second-order valence-electron chi connectivity index (χ2n) is 9.64. The number of aromatic nitrogens is 1. The van der Waals surface area contributed by atoms with Gasteiger partial charge in [-0.25, -0.2) is 8.42 Å². The van der Waals surface area contributed by atoms with Crippen molar-refractivity contribution in [2.45, 2.75) is 29.2 Å². The molecule has 0 radical (unpaired) electrons. The van der Waals surface area contributed by atoms with E-state index < -0.39 is 15.2 Å². The average molecular weight is 488 g/mol. The molecule has 2 aliphatic rings. The Balaban J connectivity index is 1.58. The highest BCUT2D eigenvalue weighted by Crippen LogP contribution is 2.41. The van der Waals surface area contributed by atoms with E-state index in [4.69, 9.17) is 0 Å². The molecule has 3 heterocycles. The largest absolute Gasteiger partial charge is 0.375 e. The zero-order valence-corrected chi connectivity index (χ0v) is 20.5. The average Bonchev–Trinajstić information content (AvgIpc) is 3.39. The minimum absolute atomic E-state index is 0.220. The van der Waals surface area contributed by atoms with Crippen molar-refractivity contribution in [3.05, 3.63) is 90.6 Å². The molecule has 6 rings (SSSR count). The SMILES string of the molecule is O=S(=O)(c1ccccc1)C(C1CCc2ccccc2N1)[N+]1(c2cccc3[nH]ccc23)CCNCC1. The van der Waals surface area contributed by atoms with E-state index >= 15 is 0 Å². The molecule has 35 heavy (non-hydrogen) atoms. The summed E-state index contributed by atoms with van der Waals surface area (Å²) in [7, 11) is -3.69. The molecule has 2 unspecified atom stereocenters. The topological polar surface area (TPSA) is 74.0 Å². The quantitative estimate of drug-likeness (QED) is 0.367. The van der Waals surface area contributed by atoms with Crippen LogP contribution < -0.4 is 15.1 Å². The van der Waals surface area contributed by atoms with Crippen LogP contribution in [0.5, 0.6) is 0 Å². The standard InChI is InChI=1S/C28H31N4O2S/c33-35(34,22-8-2-1-3-9-22)28(26-14-13-21-7-4-5-10-24(21)31-26)32(19-17-29-18-20-32)27-12-6-11-25-23(27)15-16-30-25/h1-12,15-16,26,28-31H,13-14,17-20H2/q+1. The summed E-state index contributed by atoms with van der Waals surface area (Å²) in [5.74, 6) is 0. The number of piperazine rings is 1. The van der Waals surface area contributed by atoms with Gasteiger partial charge in [0.1, 0.15) is 5.69 Å². The molecule has 180 valence electrons. The molecule has 2 aliphatic heterocycles. The minimum atomic E-state index is -3.69. The Labute approximate surface area is 206 Å². The molecule has 2 atom stereocenters. The Hall–Kier alpha value is -3.13. The first-order valence-corrected chi connectivity index (χ1v) is 13.9. The summed E-state index contributed by atoms with van der Waals surface area (Å²) >= 11 is 0. The van der Waals surface area contributed by atoms with Crippen LogP contribution in [0.4, 0.5) is 11.4 Å². The van der Waals surface area contributed by atoms with Crippen LogP contribution in [0.25, 0.3) is 10.9 Å². The molecule has 1 fully saturated rings. The van der Waals surface area contributed by atoms with Gasteiger partial charge in [0.05, 0.1) is 34.9 Å². The van der Waals surface area contributed by atoms with Gasteiger partial charge >= 0.3 is 0 Å². The molecule has 4 aromatic rings. The van der Waals surface area contributed by atoms with E-state index in [1.165, 1.54) is 5.56 Å². The highest BCUT2D eigenvalue weighted by molar-refractivity contribution is 7.92. The number of H-pyrrole nitrogens is 1. The second kappa shape index (κ2) is 8.82. The first kappa shape index (κ1) is 22.3. The van der Waals surface area contributed by atoms with Crippen LogP contribution in [0.1, 0.15) is 12.0 Å². The van der Waals surface area contributed by atoms with Crippen LogP contribution in [0.2, 0.25) is 0 Å². The van der Waals surface area contributed by atoms with Crippen LogP contribution in [-0.2, 0) is 16.3 Å². The van der Waals surface area contributed by atoms with Crippen molar-refractivity contribution >= 4 is 32.1 Å². The predicted molar refractivity (Wildman–Crippen MR) is 142 cm³/mol. The lowest BCUT2D eigenvalue weighted by Gasteiger charge is -2.49. The monoisotopic (exact) mass is 487 g/mol. The minimum Gasteiger partial charge on any atom is -0.375 e. The highest BCUT2D eigenvalue weighted by atomic mass is 32.2. The highest BCUT2D eigenvalue weighted by Gasteiger charge is 2.53. The molecular weight excluding hydrogens is 456 g/mol. The molecular formula is C28H31N4O2S+. The van der Waals surface area contributed by atoms with Crippen LogP contribution in [0.3, 0.4) is 0 Å². The number of para-hydroxylation sites is 1. The number of hydrogen-bond acceptors (Lipinski definition) is 4. The van der Waals surface area contributed by atoms with Crippen LogP contribution >= 0.6 is 0 Å². The number of aryl methyl sites for hydroxylation is 1. The summed E-state index contributed by atoms with van der Waals surface area (Å²) in [5.41, 5.74) is 4.41. The van der Waals surface area contributed by atoms with E-state index in [-0.39, 0.29) is 6.04 Å². The molecule has 3 aromatic carbocycles. The van der Waals surface area contributed by atoms with Gasteiger partial charge in [-0.05, 0) is 54.8 Å². The number of fused-ring (bicyclic) bond motifs is 2. The number of nitrogens with zero attached hydrogens (tertiary/aromatic N) is 1. The number of sulfone groups is 1. The van der Waals surface area contributed by atoms with Crippen LogP contribution in [0, 0.1) is 0 Å². The lowest BCUT2D eigenvalue weighted by molar-refractivity contribution is 0.202. The van der Waals surface area contributed by atoms with Crippen molar-refractivity contribution in [3.63, 3.8) is 0 Å². The summed E-state index contributed by atoms with van der Waals surface area (Å²) in [6.07, 6.45) is 3.58. The lowest BCUT2D eigenvalue weighted by atomic mass is 9.96. The molecule has 6 nitrogen and oxygen atoms in total. The van der Waals surface area contributed by atoms with E-state index in [9.17, 15) is 8.42 Å². The molecule has 0 bridgehead atoms. The van der Waals surface area contributed by atoms with Crippen molar-refractivity contribution in [1.29, 1.82) is 0 Å². The van der Waals surface area contributed by atoms with Crippen molar-refractivity contribution in [3.8, 4) is 0 Å². The molecule has 1 saturated heterocycles. The van der Waals surface area contributed by atoms with Crippen molar-refractivity contribution in [2.75, 3.05) is 31.5 Å². The van der Waals surface area contributed by atoms with Crippen molar-refractivity contribution in [1.82, 2.24) is 14.8 Å². The molecule has 3 N–H and O–H groups in total. The van der Waals surface area contributed by atoms with Gasteiger partial charge in [0.2, 0.25) is 15.2 Å². The van der Waals surface area contributed by atoms with Gasteiger partial charge in [0.15, 0.2) is 0 Å². The van der Waals surface area contributed by atoms with Crippen LogP contribution in [0.15, 0.2) is 90.0 Å². The Bertz CT molecular complexity index is 1440. The van der Waals surface area contributed by atoms with Crippen molar-refractivity contribution in [2.24, 2.45) is 0 Å². The smallest absolute Gasteiger partial charge is 0.234 e. The summed E-state index contributed by atoms with van der Waals surface area (Å²) < 4.78 is 29.6. The predicted octanol–water partition coefficient (Wildman–Crippen LogP) is 4.31. The number of nitrogens with one attached hydrogen (secondary N) is 3. The third-order valence-electron chi connectivity index (χ3n) is 7.73. The van der Waals surface area contributed by atoms with Gasteiger partial charge in [-0.2, -0.15) is 0 Å². The molecule has 0 amide bonds. The fourth-order valence-electron chi connectivity index (χ4n) is 6.14. The fourth-order valence-corrected chi connectivity index (χ4v) is 8.44. The molecule has 1 aromatic heterocycles. The third-order valence-corrected chi connectivity index (χ3v) is 10.0. The normalized spacial score (nSPS) is 20.6. The van der Waals surface area contributed by atoms with Gasteiger partial charge in [0.25, 0.3) is 0 Å². The van der Waals surface area contributed by atoms with E-state index in [1.807, 2.05) is 36.5 Å². The van der Waals surface area contributed by atoms with E-state index in [0.29, 0.717) is 22.5 Å². The fraction of sp³-hybridized carbons (Fsp3) is 0.286. The lowest BCUT2D eigenvalue weighted by Crippen LogP contribution is -2.71. The van der Waals surface area contributed by atoms with Gasteiger partial charge in [-0.15, -0.1) is 0 Å². The molecule has 0 spiro atoms. The number of quaternary nitrogens is 1. The zero-order chi connectivity index (χ0) is 23.9. The summed E-state index contributed by atoms with van der Waals surface area (Å²) in [5, 5.41) is 7.59. The third kappa shape index (κ3) is 3.75. The van der Waals surface area contributed by atoms with Crippen molar-refractivity contribution < 1.29 is 8.42 Å². The number of aromatic amines is 1. The summed E-state index contributed by atoms with van der Waals surface area (Å²) in [6.45, 7) is 2.96. The van der Waals surface area contributed by atoms with E-state index in [2.05, 4.69) is 52.0 Å². The first-order chi connectivity index (χ1) is 17.1. The molecule has 0 saturated carbocycles. The maximum absolute atomic E-state index is 14.6. The van der Waals surface area contributed by atoms with Crippen LogP contribution in [-0.4, -0.2) is 51.0 Å². The number of anilines is 1. The maximum Gasteiger partial charge on any atom is 0.234 e. The Morgan fingerprint density at radius 3 is 2.46 bits per heavy atom. The van der Waals surface area contributed by atoms with Gasteiger partial charge in [0, 0.05) is 25.0 Å². The number of hydrogen-bond donors (Lipinski definition) is 3. The second-order valence-corrected chi connectivity index (χ2v) is 11.7. The Morgan fingerprint density at radius 1 is 0.857 bits per heavy atom. The van der Waals surface area contributed by atoms with Gasteiger partial charge in [-0.1, -0.05) is 42.5 Å². The van der Waals surface area contributed by atoms with Gasteiger partial charge < -0.3 is 15.6 Å². The maximum atomic E-state index is 14.6. The summed E-state index contributed by atoms with van der Waals surface area (Å²) in [6, 6.07) is 25.4. The Kier molecular flexibility index (Phi) is 5.63. The summed E-state index contributed by atoms with van der Waals surface area (Å²) in [4.78, 5) is 3.72. The van der Waals surface area contributed by atoms with E-state index in [1.54, 1.807) is 12.1 Å². The molecule has 0 aliphatic carbocycles. The molecule has 7 heteroatoms. The number of benzene rings is 3. The first-order valence-electron chi connectivity index (χ1n) is 12.4. The Morgan fingerprint density at radius 2 is 1.63 bits per heavy atom. The van der Waals surface area contributed by atoms with E-state index in [0.717, 1.165) is 48.2 Å².